The number of hydrogen-bond acceptors (Lipinski definition) is 1. The third-order valence-corrected chi connectivity index (χ3v) is 1.45. The van der Waals surface area contributed by atoms with Gasteiger partial charge in [0, 0.05) is 0 Å². The van der Waals surface area contributed by atoms with Gasteiger partial charge in [-0.1, -0.05) is 62.3 Å². The van der Waals surface area contributed by atoms with Crippen LogP contribution in [-0.4, -0.2) is 13.1 Å². The normalized spacial score (nSPS) is 9.75. The summed E-state index contributed by atoms with van der Waals surface area (Å²) >= 11 is 0. The van der Waals surface area contributed by atoms with Crippen molar-refractivity contribution >= 4 is 0 Å². The van der Waals surface area contributed by atoms with Crippen molar-refractivity contribution in [3.8, 4) is 0 Å². The highest BCUT2D eigenvalue weighted by atomic mass is 14.8. The summed E-state index contributed by atoms with van der Waals surface area (Å²) in [7, 11) is 0. The summed E-state index contributed by atoms with van der Waals surface area (Å²) in [5.41, 5.74) is 0. The van der Waals surface area contributed by atoms with E-state index in [1.165, 1.54) is 13.0 Å². The number of rotatable bonds is 5. The first kappa shape index (κ1) is 21.3. The molecule has 0 aliphatic heterocycles. The molecular weight excluding hydrogens is 194 g/mol. The second kappa shape index (κ2) is 17.4. The van der Waals surface area contributed by atoms with Crippen molar-refractivity contribution in [3.63, 3.8) is 0 Å². The quantitative estimate of drug-likeness (QED) is 0.659. The molecule has 0 heterocycles. The zero-order valence-corrected chi connectivity index (χ0v) is 13.4. The van der Waals surface area contributed by atoms with E-state index in [4.69, 9.17) is 0 Å². The van der Waals surface area contributed by atoms with Crippen LogP contribution in [0.5, 0.6) is 0 Å². The maximum absolute atomic E-state index is 3.42. The van der Waals surface area contributed by atoms with Gasteiger partial charge in [0.05, 0.1) is 0 Å². The Kier molecular flexibility index (Phi) is 23.1. The van der Waals surface area contributed by atoms with Gasteiger partial charge in [0.25, 0.3) is 0 Å². The Morgan fingerprint density at radius 1 is 0.750 bits per heavy atom. The van der Waals surface area contributed by atoms with E-state index in [1.54, 1.807) is 0 Å². The average molecular weight is 231 g/mol. The van der Waals surface area contributed by atoms with Crippen LogP contribution >= 0.6 is 0 Å². The molecule has 0 aromatic rings. The minimum atomic E-state index is 0.784. The SMILES string of the molecule is CC.CC(C)C.CC(C)CCNCC(C)C. The number of hydrogen-bond donors (Lipinski definition) is 1. The van der Waals surface area contributed by atoms with Gasteiger partial charge < -0.3 is 5.32 Å². The first-order valence-electron chi connectivity index (χ1n) is 7.07. The zero-order valence-electron chi connectivity index (χ0n) is 13.4. The molecule has 0 spiro atoms. The fourth-order valence-electron chi connectivity index (χ4n) is 0.781. The van der Waals surface area contributed by atoms with Crippen LogP contribution in [0.3, 0.4) is 0 Å². The molecule has 0 saturated carbocycles. The molecule has 0 rings (SSSR count). The second-order valence-corrected chi connectivity index (χ2v) is 5.51. The summed E-state index contributed by atoms with van der Waals surface area (Å²) in [6, 6.07) is 0. The predicted octanol–water partition coefficient (Wildman–Crippen LogP) is 4.97. The minimum absolute atomic E-state index is 0.784. The van der Waals surface area contributed by atoms with Crippen molar-refractivity contribution in [2.24, 2.45) is 17.8 Å². The molecule has 0 atom stereocenters. The van der Waals surface area contributed by atoms with E-state index in [2.05, 4.69) is 53.8 Å². The Balaban J connectivity index is -0.000000237. The van der Waals surface area contributed by atoms with Crippen LogP contribution in [0.4, 0.5) is 0 Å². The lowest BCUT2D eigenvalue weighted by Crippen LogP contribution is -2.21. The van der Waals surface area contributed by atoms with E-state index in [0.717, 1.165) is 24.3 Å². The van der Waals surface area contributed by atoms with Crippen molar-refractivity contribution in [1.82, 2.24) is 5.32 Å². The molecule has 0 aliphatic rings. The molecule has 0 aromatic carbocycles. The molecule has 1 nitrogen and oxygen atoms in total. The van der Waals surface area contributed by atoms with Crippen molar-refractivity contribution in [3.05, 3.63) is 0 Å². The number of nitrogens with one attached hydrogen (secondary N) is 1. The third-order valence-electron chi connectivity index (χ3n) is 1.45. The standard InChI is InChI=1S/C9H21N.C4H10.C2H6/c1-8(2)5-6-10-7-9(3)4;1-4(2)3;1-2/h8-10H,5-7H2,1-4H3;4H,1-3H3;1-2H3. The van der Waals surface area contributed by atoms with Gasteiger partial charge in [-0.25, -0.2) is 0 Å². The molecule has 0 saturated heterocycles. The van der Waals surface area contributed by atoms with E-state index >= 15 is 0 Å². The molecule has 0 aliphatic carbocycles. The van der Waals surface area contributed by atoms with Gasteiger partial charge in [0.1, 0.15) is 0 Å². The fraction of sp³-hybridized carbons (Fsp3) is 1.00. The molecular formula is C15H37N. The van der Waals surface area contributed by atoms with Crippen molar-refractivity contribution in [2.75, 3.05) is 13.1 Å². The van der Waals surface area contributed by atoms with Crippen molar-refractivity contribution in [2.45, 2.75) is 68.7 Å². The van der Waals surface area contributed by atoms with Gasteiger partial charge in [0.2, 0.25) is 0 Å². The summed E-state index contributed by atoms with van der Waals surface area (Å²) in [6.45, 7) is 21.8. The molecule has 16 heavy (non-hydrogen) atoms. The maximum Gasteiger partial charge on any atom is -0.00258 e. The van der Waals surface area contributed by atoms with Crippen LogP contribution < -0.4 is 5.32 Å². The van der Waals surface area contributed by atoms with E-state index in [0.29, 0.717) is 0 Å². The summed E-state index contributed by atoms with van der Waals surface area (Å²) in [4.78, 5) is 0. The minimum Gasteiger partial charge on any atom is -0.316 e. The Hall–Kier alpha value is -0.0400. The molecule has 102 valence electrons. The molecule has 1 heteroatoms. The lowest BCUT2D eigenvalue weighted by atomic mass is 10.1. The fourth-order valence-corrected chi connectivity index (χ4v) is 0.781. The highest BCUT2D eigenvalue weighted by molar-refractivity contribution is 4.52. The third kappa shape index (κ3) is 48.4. The van der Waals surface area contributed by atoms with Crippen LogP contribution in [0, 0.1) is 17.8 Å². The smallest absolute Gasteiger partial charge is 0.00258 e. The second-order valence-electron chi connectivity index (χ2n) is 5.51. The molecule has 0 bridgehead atoms. The average Bonchev–Trinajstić information content (AvgIpc) is 2.14. The molecule has 0 aromatic heterocycles. The Labute approximate surface area is 105 Å². The summed E-state index contributed by atoms with van der Waals surface area (Å²) < 4.78 is 0. The van der Waals surface area contributed by atoms with Gasteiger partial charge >= 0.3 is 0 Å². The van der Waals surface area contributed by atoms with Gasteiger partial charge in [-0.15, -0.1) is 0 Å². The lowest BCUT2D eigenvalue weighted by Gasteiger charge is -2.08. The van der Waals surface area contributed by atoms with Crippen molar-refractivity contribution < 1.29 is 0 Å². The Morgan fingerprint density at radius 2 is 1.12 bits per heavy atom. The highest BCUT2D eigenvalue weighted by Gasteiger charge is 1.94. The monoisotopic (exact) mass is 231 g/mol. The molecule has 0 unspecified atom stereocenters. The first-order valence-corrected chi connectivity index (χ1v) is 7.07. The van der Waals surface area contributed by atoms with E-state index in [1.807, 2.05) is 13.8 Å². The van der Waals surface area contributed by atoms with E-state index in [9.17, 15) is 0 Å². The largest absolute Gasteiger partial charge is 0.316 e. The topological polar surface area (TPSA) is 12.0 Å². The first-order chi connectivity index (χ1) is 7.36. The van der Waals surface area contributed by atoms with Crippen LogP contribution in [0.25, 0.3) is 0 Å². The van der Waals surface area contributed by atoms with Crippen LogP contribution in [0.1, 0.15) is 68.7 Å². The Morgan fingerprint density at radius 3 is 1.38 bits per heavy atom. The predicted molar refractivity (Wildman–Crippen MR) is 79.0 cm³/mol. The van der Waals surface area contributed by atoms with E-state index < -0.39 is 0 Å². The maximum atomic E-state index is 3.42. The summed E-state index contributed by atoms with van der Waals surface area (Å²) in [6.07, 6.45) is 1.30. The summed E-state index contributed by atoms with van der Waals surface area (Å²) in [5.74, 6) is 2.45. The Bertz CT molecular complexity index is 82.9. The van der Waals surface area contributed by atoms with Crippen LogP contribution in [0.2, 0.25) is 0 Å². The molecule has 0 fully saturated rings. The molecule has 0 radical (unpaired) electrons. The van der Waals surface area contributed by atoms with Crippen LogP contribution in [0.15, 0.2) is 0 Å². The van der Waals surface area contributed by atoms with E-state index in [-0.39, 0.29) is 0 Å². The van der Waals surface area contributed by atoms with Gasteiger partial charge in [0.15, 0.2) is 0 Å². The van der Waals surface area contributed by atoms with Gasteiger partial charge in [-0.05, 0) is 37.3 Å². The highest BCUT2D eigenvalue weighted by Crippen LogP contribution is 1.96. The zero-order chi connectivity index (χ0) is 13.6. The van der Waals surface area contributed by atoms with Crippen LogP contribution in [-0.2, 0) is 0 Å². The van der Waals surface area contributed by atoms with Gasteiger partial charge in [-0.3, -0.25) is 0 Å². The van der Waals surface area contributed by atoms with Crippen molar-refractivity contribution in [1.29, 1.82) is 0 Å². The lowest BCUT2D eigenvalue weighted by molar-refractivity contribution is 0.498. The summed E-state index contributed by atoms with van der Waals surface area (Å²) in [5, 5.41) is 3.42. The van der Waals surface area contributed by atoms with Gasteiger partial charge in [-0.2, -0.15) is 0 Å². The molecule has 0 amide bonds. The molecule has 1 N–H and O–H groups in total.